The molecule has 1 aliphatic heterocycles. The summed E-state index contributed by atoms with van der Waals surface area (Å²) in [7, 11) is 0. The Balaban J connectivity index is 1.74. The lowest BCUT2D eigenvalue weighted by atomic mass is 9.90. The standard InChI is InChI=1S/C10H13BrO2S2/c11-9-1-8(3-15-9)2-14-7-10(4-12)5-13-6-10/h1,3,12H,2,4-7H2. The summed E-state index contributed by atoms with van der Waals surface area (Å²) in [5.41, 5.74) is 1.39. The van der Waals surface area contributed by atoms with Gasteiger partial charge in [-0.3, -0.25) is 0 Å². The van der Waals surface area contributed by atoms with E-state index in [1.165, 1.54) is 9.35 Å². The number of aliphatic hydroxyl groups excluding tert-OH is 1. The van der Waals surface area contributed by atoms with Crippen molar-refractivity contribution in [1.29, 1.82) is 0 Å². The van der Waals surface area contributed by atoms with Gasteiger partial charge >= 0.3 is 0 Å². The first kappa shape index (κ1) is 11.9. The molecule has 1 fully saturated rings. The van der Waals surface area contributed by atoms with Crippen molar-refractivity contribution in [2.45, 2.75) is 5.75 Å². The van der Waals surface area contributed by atoms with E-state index in [-0.39, 0.29) is 12.0 Å². The highest BCUT2D eigenvalue weighted by atomic mass is 79.9. The molecule has 2 heterocycles. The fourth-order valence-corrected chi connectivity index (χ4v) is 3.93. The van der Waals surface area contributed by atoms with Crippen molar-refractivity contribution in [1.82, 2.24) is 0 Å². The van der Waals surface area contributed by atoms with Gasteiger partial charge in [0.15, 0.2) is 0 Å². The minimum atomic E-state index is 0.0396. The van der Waals surface area contributed by atoms with Crippen LogP contribution >= 0.6 is 39.0 Å². The predicted octanol–water partition coefficient (Wildman–Crippen LogP) is 2.75. The van der Waals surface area contributed by atoms with Gasteiger partial charge < -0.3 is 9.84 Å². The van der Waals surface area contributed by atoms with Gasteiger partial charge in [0.25, 0.3) is 0 Å². The second kappa shape index (κ2) is 5.19. The minimum Gasteiger partial charge on any atom is -0.396 e. The van der Waals surface area contributed by atoms with E-state index in [1.54, 1.807) is 11.3 Å². The van der Waals surface area contributed by atoms with Gasteiger partial charge in [-0.25, -0.2) is 0 Å². The molecule has 0 radical (unpaired) electrons. The molecule has 1 aliphatic rings. The van der Waals surface area contributed by atoms with Crippen molar-refractivity contribution in [2.75, 3.05) is 25.6 Å². The predicted molar refractivity (Wildman–Crippen MR) is 68.5 cm³/mol. The van der Waals surface area contributed by atoms with Gasteiger partial charge in [0.05, 0.1) is 23.6 Å². The van der Waals surface area contributed by atoms with Crippen LogP contribution in [0.5, 0.6) is 0 Å². The summed E-state index contributed by atoms with van der Waals surface area (Å²) < 4.78 is 6.34. The molecule has 0 unspecified atom stereocenters. The zero-order chi connectivity index (χ0) is 10.7. The normalized spacial score (nSPS) is 18.8. The van der Waals surface area contributed by atoms with Gasteiger partial charge in [-0.1, -0.05) is 0 Å². The maximum atomic E-state index is 9.24. The van der Waals surface area contributed by atoms with Crippen LogP contribution in [0.1, 0.15) is 5.56 Å². The van der Waals surface area contributed by atoms with E-state index in [0.29, 0.717) is 13.2 Å². The fraction of sp³-hybridized carbons (Fsp3) is 0.600. The molecule has 0 aromatic carbocycles. The summed E-state index contributed by atoms with van der Waals surface area (Å²) >= 11 is 7.04. The van der Waals surface area contributed by atoms with Crippen LogP contribution in [0.3, 0.4) is 0 Å². The molecule has 0 bridgehead atoms. The van der Waals surface area contributed by atoms with Crippen molar-refractivity contribution in [3.05, 3.63) is 20.8 Å². The third kappa shape index (κ3) is 2.97. The van der Waals surface area contributed by atoms with E-state index >= 15 is 0 Å². The third-order valence-electron chi connectivity index (χ3n) is 2.45. The molecule has 1 aromatic heterocycles. The molecule has 0 spiro atoms. The molecular weight excluding hydrogens is 296 g/mol. The van der Waals surface area contributed by atoms with Gasteiger partial charge in [0.2, 0.25) is 0 Å². The Morgan fingerprint density at radius 2 is 2.40 bits per heavy atom. The van der Waals surface area contributed by atoms with E-state index in [2.05, 4.69) is 27.4 Å². The van der Waals surface area contributed by atoms with Crippen molar-refractivity contribution >= 4 is 39.0 Å². The molecule has 0 aliphatic carbocycles. The van der Waals surface area contributed by atoms with E-state index in [9.17, 15) is 5.11 Å². The number of aliphatic hydroxyl groups is 1. The Morgan fingerprint density at radius 1 is 1.60 bits per heavy atom. The molecular formula is C10H13BrO2S2. The van der Waals surface area contributed by atoms with Crippen molar-refractivity contribution in [3.63, 3.8) is 0 Å². The number of hydrogen-bond donors (Lipinski definition) is 1. The molecule has 1 aromatic rings. The number of ether oxygens (including phenoxy) is 1. The lowest BCUT2D eigenvalue weighted by Crippen LogP contribution is -2.47. The first-order chi connectivity index (χ1) is 7.24. The Labute approximate surface area is 106 Å². The van der Waals surface area contributed by atoms with E-state index in [0.717, 1.165) is 11.5 Å². The summed E-state index contributed by atoms with van der Waals surface area (Å²) in [6.45, 7) is 1.67. The fourth-order valence-electron chi connectivity index (χ4n) is 1.42. The molecule has 0 atom stereocenters. The molecule has 2 rings (SSSR count). The highest BCUT2D eigenvalue weighted by molar-refractivity contribution is 9.11. The van der Waals surface area contributed by atoms with Crippen molar-refractivity contribution in [3.8, 4) is 0 Å². The van der Waals surface area contributed by atoms with Gasteiger partial charge in [-0.05, 0) is 32.9 Å². The second-order valence-corrected chi connectivity index (χ2v) is 7.18. The van der Waals surface area contributed by atoms with Crippen LogP contribution in [0, 0.1) is 5.41 Å². The second-order valence-electron chi connectivity index (χ2n) is 3.90. The summed E-state index contributed by atoms with van der Waals surface area (Å²) in [5, 5.41) is 11.4. The third-order valence-corrected chi connectivity index (χ3v) is 5.36. The largest absolute Gasteiger partial charge is 0.396 e. The summed E-state index contributed by atoms with van der Waals surface area (Å²) in [4.78, 5) is 0. The monoisotopic (exact) mass is 308 g/mol. The first-order valence-electron chi connectivity index (χ1n) is 4.73. The SMILES string of the molecule is OCC1(CSCc2csc(Br)c2)COC1. The Bertz CT molecular complexity index is 317. The van der Waals surface area contributed by atoms with E-state index in [4.69, 9.17) is 4.74 Å². The van der Waals surface area contributed by atoms with Crippen LogP contribution in [-0.4, -0.2) is 30.7 Å². The molecule has 0 saturated carbocycles. The first-order valence-corrected chi connectivity index (χ1v) is 7.56. The average Bonchev–Trinajstić information content (AvgIpc) is 2.56. The van der Waals surface area contributed by atoms with Crippen LogP contribution in [0.4, 0.5) is 0 Å². The number of thiophene rings is 1. The number of hydrogen-bond acceptors (Lipinski definition) is 4. The maximum absolute atomic E-state index is 9.24. The summed E-state index contributed by atoms with van der Waals surface area (Å²) in [6, 6.07) is 2.15. The molecule has 1 saturated heterocycles. The smallest absolute Gasteiger partial charge is 0.0701 e. The highest BCUT2D eigenvalue weighted by Crippen LogP contribution is 2.33. The van der Waals surface area contributed by atoms with Gasteiger partial charge in [0.1, 0.15) is 0 Å². The van der Waals surface area contributed by atoms with Crippen molar-refractivity contribution in [2.24, 2.45) is 5.41 Å². The molecule has 2 nitrogen and oxygen atoms in total. The van der Waals surface area contributed by atoms with Crippen LogP contribution in [-0.2, 0) is 10.5 Å². The molecule has 5 heteroatoms. The Kier molecular flexibility index (Phi) is 4.12. The Morgan fingerprint density at radius 3 is 2.87 bits per heavy atom. The van der Waals surface area contributed by atoms with Gasteiger partial charge in [-0.2, -0.15) is 11.8 Å². The zero-order valence-electron chi connectivity index (χ0n) is 8.24. The van der Waals surface area contributed by atoms with Crippen molar-refractivity contribution < 1.29 is 9.84 Å². The Hall–Kier alpha value is 0.450. The van der Waals surface area contributed by atoms with E-state index < -0.39 is 0 Å². The lowest BCUT2D eigenvalue weighted by Gasteiger charge is -2.39. The maximum Gasteiger partial charge on any atom is 0.0701 e. The lowest BCUT2D eigenvalue weighted by molar-refractivity contribution is -0.121. The zero-order valence-corrected chi connectivity index (χ0v) is 11.5. The molecule has 84 valence electrons. The van der Waals surface area contributed by atoms with Gasteiger partial charge in [-0.15, -0.1) is 11.3 Å². The van der Waals surface area contributed by atoms with Gasteiger partial charge in [0, 0.05) is 16.9 Å². The molecule has 0 amide bonds. The topological polar surface area (TPSA) is 29.5 Å². The average molecular weight is 309 g/mol. The minimum absolute atomic E-state index is 0.0396. The van der Waals surface area contributed by atoms with Crippen LogP contribution < -0.4 is 0 Å². The van der Waals surface area contributed by atoms with Crippen LogP contribution in [0.15, 0.2) is 15.2 Å². The number of halogens is 1. The summed E-state index contributed by atoms with van der Waals surface area (Å²) in [5.74, 6) is 2.00. The van der Waals surface area contributed by atoms with Crippen LogP contribution in [0.25, 0.3) is 0 Å². The van der Waals surface area contributed by atoms with E-state index in [1.807, 2.05) is 11.8 Å². The van der Waals surface area contributed by atoms with Crippen LogP contribution in [0.2, 0.25) is 0 Å². The highest BCUT2D eigenvalue weighted by Gasteiger charge is 2.37. The molecule has 15 heavy (non-hydrogen) atoms. The summed E-state index contributed by atoms with van der Waals surface area (Å²) in [6.07, 6.45) is 0. The number of thioether (sulfide) groups is 1. The molecule has 1 N–H and O–H groups in total. The quantitative estimate of drug-likeness (QED) is 0.907. The number of rotatable bonds is 5.